The summed E-state index contributed by atoms with van der Waals surface area (Å²) in [4.78, 5) is 3.86. The molecule has 2 aromatic rings. The summed E-state index contributed by atoms with van der Waals surface area (Å²) in [6.07, 6.45) is 4.73. The summed E-state index contributed by atoms with van der Waals surface area (Å²) in [6.45, 7) is 0.274. The first kappa shape index (κ1) is 11.9. The van der Waals surface area contributed by atoms with E-state index < -0.39 is 0 Å². The van der Waals surface area contributed by atoms with Crippen LogP contribution in [0.3, 0.4) is 0 Å². The van der Waals surface area contributed by atoms with Gasteiger partial charge in [0.25, 0.3) is 0 Å². The van der Waals surface area contributed by atoms with Crippen LogP contribution in [-0.4, -0.2) is 9.55 Å². The molecule has 0 fully saturated rings. The van der Waals surface area contributed by atoms with Gasteiger partial charge in [0.2, 0.25) is 0 Å². The molecule has 0 aliphatic rings. The Morgan fingerprint density at radius 3 is 2.89 bits per heavy atom. The van der Waals surface area contributed by atoms with Crippen molar-refractivity contribution in [3.05, 3.63) is 53.6 Å². The summed E-state index contributed by atoms with van der Waals surface area (Å²) in [5, 5.41) is 9.05. The van der Waals surface area contributed by atoms with Gasteiger partial charge in [-0.3, -0.25) is 0 Å². The molecule has 1 heterocycles. The molecule has 1 aromatic carbocycles. The van der Waals surface area contributed by atoms with Gasteiger partial charge >= 0.3 is 0 Å². The van der Waals surface area contributed by atoms with Crippen LogP contribution in [0.15, 0.2) is 42.2 Å². The minimum absolute atomic E-state index is 0.274. The van der Waals surface area contributed by atoms with Gasteiger partial charge in [-0.1, -0.05) is 18.2 Å². The first-order valence-electron chi connectivity index (χ1n) is 5.32. The second-order valence-electron chi connectivity index (χ2n) is 3.72. The number of benzene rings is 1. The third-order valence-electron chi connectivity index (χ3n) is 2.47. The fourth-order valence-corrected chi connectivity index (χ4v) is 1.55. The normalized spacial score (nSPS) is 11.2. The van der Waals surface area contributed by atoms with Crippen LogP contribution < -0.4 is 5.73 Å². The maximum absolute atomic E-state index is 13.4. The maximum atomic E-state index is 13.4. The molecule has 0 spiro atoms. The second kappa shape index (κ2) is 5.15. The van der Waals surface area contributed by atoms with E-state index in [1.807, 2.05) is 6.07 Å². The molecule has 0 aliphatic carbocycles. The average molecular weight is 242 g/mol. The number of hydrogen-bond acceptors (Lipinski definition) is 3. The van der Waals surface area contributed by atoms with E-state index in [-0.39, 0.29) is 12.4 Å². The molecule has 0 amide bonds. The highest BCUT2D eigenvalue weighted by Gasteiger charge is 2.04. The first-order valence-corrected chi connectivity index (χ1v) is 5.32. The lowest BCUT2D eigenvalue weighted by Gasteiger charge is -2.03. The highest BCUT2D eigenvalue weighted by atomic mass is 19.1. The van der Waals surface area contributed by atoms with Crippen molar-refractivity contribution in [1.29, 1.82) is 5.26 Å². The summed E-state index contributed by atoms with van der Waals surface area (Å²) in [5.74, 6) is -0.0338. The molecular weight excluding hydrogens is 231 g/mol. The lowest BCUT2D eigenvalue weighted by atomic mass is 10.1. The quantitative estimate of drug-likeness (QED) is 0.839. The fourth-order valence-electron chi connectivity index (χ4n) is 1.55. The van der Waals surface area contributed by atoms with Crippen molar-refractivity contribution in [3.63, 3.8) is 0 Å². The zero-order valence-electron chi connectivity index (χ0n) is 9.55. The summed E-state index contributed by atoms with van der Waals surface area (Å²) >= 11 is 0. The summed E-state index contributed by atoms with van der Waals surface area (Å²) in [6, 6.07) is 8.32. The van der Waals surface area contributed by atoms with E-state index in [9.17, 15) is 4.39 Å². The smallest absolute Gasteiger partial charge is 0.200 e. The largest absolute Gasteiger partial charge is 0.369 e. The number of halogens is 1. The van der Waals surface area contributed by atoms with Gasteiger partial charge in [0.1, 0.15) is 5.82 Å². The fraction of sp³-hybridized carbons (Fsp3) is 0.0769. The lowest BCUT2D eigenvalue weighted by Crippen LogP contribution is -2.04. The van der Waals surface area contributed by atoms with Crippen molar-refractivity contribution in [2.24, 2.45) is 0 Å². The molecule has 18 heavy (non-hydrogen) atoms. The maximum Gasteiger partial charge on any atom is 0.200 e. The van der Waals surface area contributed by atoms with Crippen molar-refractivity contribution < 1.29 is 4.39 Å². The molecule has 0 atom stereocenters. The van der Waals surface area contributed by atoms with Gasteiger partial charge in [-0.25, -0.2) is 9.37 Å². The molecule has 5 heteroatoms. The Labute approximate surface area is 104 Å². The molecule has 0 bridgehead atoms. The Morgan fingerprint density at radius 1 is 1.50 bits per heavy atom. The average Bonchev–Trinajstić information content (AvgIpc) is 2.77. The van der Waals surface area contributed by atoms with E-state index in [1.54, 1.807) is 35.2 Å². The third-order valence-corrected chi connectivity index (χ3v) is 2.47. The molecular formula is C13H11FN4. The van der Waals surface area contributed by atoms with E-state index in [4.69, 9.17) is 11.0 Å². The van der Waals surface area contributed by atoms with Crippen LogP contribution in [0.1, 0.15) is 5.56 Å². The van der Waals surface area contributed by atoms with E-state index in [1.165, 1.54) is 12.1 Å². The molecule has 0 unspecified atom stereocenters. The van der Waals surface area contributed by atoms with Crippen molar-refractivity contribution in [1.82, 2.24) is 9.55 Å². The van der Waals surface area contributed by atoms with E-state index >= 15 is 0 Å². The molecule has 0 aliphatic heterocycles. The van der Waals surface area contributed by atoms with E-state index in [0.717, 1.165) is 0 Å². The number of allylic oxidation sites excluding steroid dienone is 1. The third kappa shape index (κ3) is 2.55. The van der Waals surface area contributed by atoms with Gasteiger partial charge in [0.15, 0.2) is 5.95 Å². The van der Waals surface area contributed by atoms with Gasteiger partial charge < -0.3 is 10.3 Å². The predicted molar refractivity (Wildman–Crippen MR) is 66.6 cm³/mol. The molecule has 2 N–H and O–H groups in total. The van der Waals surface area contributed by atoms with Crippen LogP contribution >= 0.6 is 0 Å². The summed E-state index contributed by atoms with van der Waals surface area (Å²) in [5.41, 5.74) is 6.40. The Morgan fingerprint density at radius 2 is 2.28 bits per heavy atom. The monoisotopic (exact) mass is 242 g/mol. The van der Waals surface area contributed by atoms with Gasteiger partial charge in [-0.2, -0.15) is 5.26 Å². The van der Waals surface area contributed by atoms with Gasteiger partial charge in [0.05, 0.1) is 18.2 Å². The number of rotatable bonds is 3. The van der Waals surface area contributed by atoms with Crippen LogP contribution in [0.2, 0.25) is 0 Å². The van der Waals surface area contributed by atoms with Gasteiger partial charge in [-0.15, -0.1) is 0 Å². The zero-order chi connectivity index (χ0) is 13.0. The van der Waals surface area contributed by atoms with Gasteiger partial charge in [-0.05, 0) is 12.1 Å². The van der Waals surface area contributed by atoms with E-state index in [2.05, 4.69) is 4.98 Å². The number of hydrogen-bond donors (Lipinski definition) is 1. The minimum Gasteiger partial charge on any atom is -0.369 e. The minimum atomic E-state index is -0.358. The molecule has 1 aromatic heterocycles. The molecule has 0 saturated heterocycles. The number of nitrogens with zero attached hydrogens (tertiary/aromatic N) is 3. The van der Waals surface area contributed by atoms with Crippen LogP contribution in [0.4, 0.5) is 10.3 Å². The Balaban J connectivity index is 2.28. The summed E-state index contributed by atoms with van der Waals surface area (Å²) < 4.78 is 15.1. The Hall–Kier alpha value is -2.61. The molecule has 90 valence electrons. The van der Waals surface area contributed by atoms with Crippen LogP contribution in [-0.2, 0) is 6.54 Å². The number of anilines is 1. The molecule has 0 saturated carbocycles. The topological polar surface area (TPSA) is 67.6 Å². The highest BCUT2D eigenvalue weighted by molar-refractivity contribution is 5.57. The van der Waals surface area contributed by atoms with Gasteiger partial charge in [0, 0.05) is 18.0 Å². The van der Waals surface area contributed by atoms with E-state index in [0.29, 0.717) is 17.1 Å². The molecule has 0 radical (unpaired) electrons. The van der Waals surface area contributed by atoms with Crippen LogP contribution in [0, 0.1) is 17.1 Å². The number of imidazole rings is 1. The number of nitrogens with two attached hydrogens (primary N) is 1. The Kier molecular flexibility index (Phi) is 3.39. The predicted octanol–water partition coefficient (Wildman–Crippen LogP) is 2.21. The molecule has 2 rings (SSSR count). The number of nitriles is 1. The second-order valence-corrected chi connectivity index (χ2v) is 3.72. The van der Waals surface area contributed by atoms with Crippen molar-refractivity contribution >= 4 is 12.0 Å². The van der Waals surface area contributed by atoms with Crippen LogP contribution in [0.25, 0.3) is 6.08 Å². The SMILES string of the molecule is N#C/C(=C/c1ccccc1F)Cn1ccnc1N. The first-order chi connectivity index (χ1) is 8.70. The summed E-state index contributed by atoms with van der Waals surface area (Å²) in [7, 11) is 0. The van der Waals surface area contributed by atoms with Crippen LogP contribution in [0.5, 0.6) is 0 Å². The highest BCUT2D eigenvalue weighted by Crippen LogP contribution is 2.13. The number of nitrogen functional groups attached to an aromatic ring is 1. The van der Waals surface area contributed by atoms with Crippen molar-refractivity contribution in [3.8, 4) is 6.07 Å². The zero-order valence-corrected chi connectivity index (χ0v) is 9.55. The van der Waals surface area contributed by atoms with Crippen molar-refractivity contribution in [2.75, 3.05) is 5.73 Å². The molecule has 4 nitrogen and oxygen atoms in total. The standard InChI is InChI=1S/C13H11FN4/c14-12-4-2-1-3-11(12)7-10(8-15)9-18-6-5-17-13(18)16/h1-7H,9H2,(H2,16,17)/b10-7-. The van der Waals surface area contributed by atoms with Crippen molar-refractivity contribution in [2.45, 2.75) is 6.54 Å². The number of aromatic nitrogens is 2. The Bertz CT molecular complexity index is 622. The lowest BCUT2D eigenvalue weighted by molar-refractivity contribution is 0.625.